The van der Waals surface area contributed by atoms with E-state index in [1.54, 1.807) is 50.2 Å². The molecule has 0 aromatic heterocycles. The van der Waals surface area contributed by atoms with Gasteiger partial charge >= 0.3 is 5.97 Å². The number of ether oxygens (including phenoxy) is 7. The van der Waals surface area contributed by atoms with E-state index in [1.165, 1.54) is 0 Å². The fraction of sp³-hybridized carbons (Fsp3) is 0.640. The zero-order valence-corrected chi connectivity index (χ0v) is 59.6. The van der Waals surface area contributed by atoms with E-state index >= 15 is 0 Å². The van der Waals surface area contributed by atoms with Crippen molar-refractivity contribution in [1.29, 1.82) is 5.26 Å². The molecule has 3 aromatic rings. The summed E-state index contributed by atoms with van der Waals surface area (Å²) in [5.74, 6) is 1.42. The Morgan fingerprint density at radius 2 is 0.938 bits per heavy atom. The van der Waals surface area contributed by atoms with Gasteiger partial charge in [-0.3, -0.25) is 24.2 Å². The Labute approximate surface area is 589 Å². The first-order chi connectivity index (χ1) is 46.0. The molecule has 3 aromatic carbocycles. The van der Waals surface area contributed by atoms with Crippen molar-refractivity contribution in [2.75, 3.05) is 67.4 Å². The number of thiocyanates is 1. The molecule has 5 saturated heterocycles. The van der Waals surface area contributed by atoms with Crippen molar-refractivity contribution in [3.8, 4) is 5.40 Å². The second kappa shape index (κ2) is 29.2. The SMILES string of the molecule is C.NCC1CCO1.[C-]#[N+]c1ccc2c(c1)[C@@](SC#N)(C(=O)OCC)C1(C2)C[C@@H](C)C(OC)[C@@H](C)C1.[C-]#[N+]c1ccc2c(c1)[C@]1(NC(=S)N(CC3CCO3)C1=O)C1(C2)C[C@@H](C)C(OC)[C@@H](C)C1.[C-]#[N+]c1ccc2c(c1)[C@]1(NC(=S)N(CC3CCO3)C1=O)C1(C2)C[C@@H](C)C(OC)[C@@H](C)C1. The minimum atomic E-state index is -1.12. The van der Waals surface area contributed by atoms with Crippen LogP contribution in [0.1, 0.15) is 147 Å². The maximum Gasteiger partial charge on any atom is 0.328 e. The molecule has 4 N–H and O–H groups in total. The summed E-state index contributed by atoms with van der Waals surface area (Å²) in [5.41, 5.74) is 9.89. The lowest BCUT2D eigenvalue weighted by Gasteiger charge is -2.51. The molecule has 19 nitrogen and oxygen atoms in total. The molecular formula is C75H97N9O10S3. The molecule has 18 atom stereocenters. The Morgan fingerprint density at radius 3 is 1.23 bits per heavy atom. The van der Waals surface area contributed by atoms with E-state index in [-0.39, 0.29) is 85.0 Å². The molecule has 5 aliphatic heterocycles. The number of nitriles is 1. The standard InChI is InChI=1S/2C24H29N3O3S.C22H26N2O3S.C4H9NO.CH4/c2*1-14-10-23(11-15(2)20(14)29-4)12-16-5-6-17(25-3)9-19(16)24(23)21(28)27(22(31)26-24)13-18-7-8-30-18;1-6-27-20(25)22(28-13-23)18-9-17(24-4)8-7-16(18)12-21(22)10-14(2)19(26-5)15(3)11-21;5-3-4-1-2-6-4;/h2*5-6,9,14-15,18,20H,7-8,10-13H2,1-2,4H3,(H,26,31);7-9,14-15,19H,6,10-12H2,1-3,5H3;4H,1-3,5H2;1H4/t2*14-,15+,18?,20?,23?,24-;14-,15+,19?,21?,22-;;/m111../s1. The molecule has 520 valence electrons. The summed E-state index contributed by atoms with van der Waals surface area (Å²) in [7, 11) is 5.31. The number of esters is 1. The number of nitrogens with zero attached hydrogens (tertiary/aromatic N) is 6. The highest BCUT2D eigenvalue weighted by Crippen LogP contribution is 2.68. The van der Waals surface area contributed by atoms with Crippen LogP contribution in [-0.2, 0) is 82.6 Å². The highest BCUT2D eigenvalue weighted by molar-refractivity contribution is 8.05. The van der Waals surface area contributed by atoms with Crippen LogP contribution in [0.25, 0.3) is 14.5 Å². The minimum absolute atomic E-state index is 0. The number of amides is 2. The molecule has 14 rings (SSSR count). The van der Waals surface area contributed by atoms with Crippen molar-refractivity contribution < 1.29 is 47.5 Å². The zero-order valence-electron chi connectivity index (χ0n) is 57.1. The third kappa shape index (κ3) is 12.3. The second-order valence-corrected chi connectivity index (χ2v) is 31.1. The predicted molar refractivity (Wildman–Crippen MR) is 380 cm³/mol. The summed E-state index contributed by atoms with van der Waals surface area (Å²) in [6, 6.07) is 17.1. The summed E-state index contributed by atoms with van der Waals surface area (Å²) in [6.07, 6.45) is 11.4. The summed E-state index contributed by atoms with van der Waals surface area (Å²) in [5, 5.41) is 20.0. The molecule has 0 bridgehead atoms. The van der Waals surface area contributed by atoms with Gasteiger partial charge in [-0.2, -0.15) is 5.26 Å². The molecule has 22 heteroatoms. The van der Waals surface area contributed by atoms with Crippen molar-refractivity contribution in [2.24, 2.45) is 57.5 Å². The summed E-state index contributed by atoms with van der Waals surface area (Å²) < 4.78 is 38.0. The Morgan fingerprint density at radius 1 is 0.608 bits per heavy atom. The molecule has 5 spiro atoms. The molecule has 3 saturated carbocycles. The van der Waals surface area contributed by atoms with Gasteiger partial charge in [-0.05, 0) is 189 Å². The van der Waals surface area contributed by atoms with Gasteiger partial charge in [0, 0.05) is 63.9 Å². The van der Waals surface area contributed by atoms with Crippen LogP contribution < -0.4 is 16.4 Å². The number of carbonyl (C=O) groups is 3. The lowest BCUT2D eigenvalue weighted by molar-refractivity contribution is -0.154. The first-order valence-corrected chi connectivity index (χ1v) is 35.8. The lowest BCUT2D eigenvalue weighted by Crippen LogP contribution is -2.59. The summed E-state index contributed by atoms with van der Waals surface area (Å²) >= 11 is 12.4. The third-order valence-electron chi connectivity index (χ3n) is 23.6. The zero-order chi connectivity index (χ0) is 68.9. The molecule has 5 heterocycles. The molecule has 0 radical (unpaired) electrons. The number of carbonyl (C=O) groups excluding carboxylic acids is 3. The maximum atomic E-state index is 14.2. The van der Waals surface area contributed by atoms with E-state index in [0.717, 1.165) is 136 Å². The van der Waals surface area contributed by atoms with Crippen LogP contribution in [0, 0.1) is 82.1 Å². The van der Waals surface area contributed by atoms with Crippen molar-refractivity contribution >= 4 is 81.3 Å². The van der Waals surface area contributed by atoms with E-state index in [2.05, 4.69) is 72.1 Å². The number of fused-ring (bicyclic) bond motifs is 7. The topological polar surface area (TPSA) is 209 Å². The van der Waals surface area contributed by atoms with Crippen molar-refractivity contribution in [1.82, 2.24) is 20.4 Å². The highest BCUT2D eigenvalue weighted by atomic mass is 32.2. The largest absolute Gasteiger partial charge is 0.465 e. The van der Waals surface area contributed by atoms with Gasteiger partial charge in [0.2, 0.25) is 0 Å². The van der Waals surface area contributed by atoms with E-state index < -0.39 is 21.2 Å². The van der Waals surface area contributed by atoms with Gasteiger partial charge in [0.15, 0.2) is 32.0 Å². The van der Waals surface area contributed by atoms with Crippen LogP contribution in [0.4, 0.5) is 17.1 Å². The Bertz CT molecular complexity index is 3490. The monoisotopic (exact) mass is 1380 g/mol. The number of nitrogens with one attached hydrogen (secondary N) is 2. The summed E-state index contributed by atoms with van der Waals surface area (Å²) in [6.45, 7) is 41.8. The molecule has 8 fully saturated rings. The quantitative estimate of drug-likeness (QED) is 0.0705. The van der Waals surface area contributed by atoms with Crippen LogP contribution in [0.5, 0.6) is 0 Å². The van der Waals surface area contributed by atoms with E-state index in [4.69, 9.17) is 83.0 Å². The number of rotatable bonds is 11. The highest BCUT2D eigenvalue weighted by Gasteiger charge is 2.71. The number of hydrogen-bond donors (Lipinski definition) is 3. The lowest BCUT2D eigenvalue weighted by atomic mass is 9.56. The van der Waals surface area contributed by atoms with Gasteiger partial charge in [0.25, 0.3) is 11.8 Å². The first-order valence-electron chi connectivity index (χ1n) is 34.2. The van der Waals surface area contributed by atoms with Crippen LogP contribution in [0.3, 0.4) is 0 Å². The van der Waals surface area contributed by atoms with Crippen molar-refractivity contribution in [3.05, 3.63) is 122 Å². The van der Waals surface area contributed by atoms with E-state index in [9.17, 15) is 19.6 Å². The number of nitrogens with two attached hydrogens (primary N) is 1. The maximum absolute atomic E-state index is 14.2. The van der Waals surface area contributed by atoms with Crippen LogP contribution in [0.15, 0.2) is 54.6 Å². The fourth-order valence-corrected chi connectivity index (χ4v) is 21.6. The Balaban J connectivity index is 0.000000150. The normalized spacial score (nSPS) is 36.6. The summed E-state index contributed by atoms with van der Waals surface area (Å²) in [4.78, 5) is 56.2. The van der Waals surface area contributed by atoms with Crippen LogP contribution in [0.2, 0.25) is 0 Å². The number of thiocarbonyl (C=S) groups is 2. The van der Waals surface area contributed by atoms with E-state index in [0.29, 0.717) is 83.1 Å². The van der Waals surface area contributed by atoms with Crippen LogP contribution in [-0.4, -0.2) is 142 Å². The number of benzene rings is 3. The first kappa shape index (κ1) is 73.6. The van der Waals surface area contributed by atoms with Crippen LogP contribution >= 0.6 is 36.2 Å². The predicted octanol–water partition coefficient (Wildman–Crippen LogP) is 12.3. The van der Waals surface area contributed by atoms with Gasteiger partial charge in [0.05, 0.1) is 76.0 Å². The average molecular weight is 1380 g/mol. The molecule has 97 heavy (non-hydrogen) atoms. The minimum Gasteiger partial charge on any atom is -0.465 e. The number of hydrogen-bond acceptors (Lipinski definition) is 15. The van der Waals surface area contributed by atoms with E-state index in [1.807, 2.05) is 42.5 Å². The third-order valence-corrected chi connectivity index (χ3v) is 25.5. The van der Waals surface area contributed by atoms with Gasteiger partial charge in [0.1, 0.15) is 16.5 Å². The Hall–Kier alpha value is -6.12. The molecule has 9 unspecified atom stereocenters. The van der Waals surface area contributed by atoms with Crippen molar-refractivity contribution in [2.45, 2.75) is 185 Å². The number of thioether (sulfide) groups is 1. The molecule has 2 amide bonds. The number of methoxy groups -OCH3 is 3. The van der Waals surface area contributed by atoms with Gasteiger partial charge < -0.3 is 49.5 Å². The Kier molecular flexibility index (Phi) is 22.2. The fourth-order valence-electron chi connectivity index (χ4n) is 19.9. The van der Waals surface area contributed by atoms with Crippen molar-refractivity contribution in [3.63, 3.8) is 0 Å². The molecule has 11 aliphatic rings. The average Bonchev–Trinajstić information content (AvgIpc) is 1.55. The van der Waals surface area contributed by atoms with Gasteiger partial charge in [-0.1, -0.05) is 104 Å². The smallest absolute Gasteiger partial charge is 0.328 e. The second-order valence-electron chi connectivity index (χ2n) is 29.3. The molecular weight excluding hydrogens is 1280 g/mol. The molecule has 6 aliphatic carbocycles. The van der Waals surface area contributed by atoms with Gasteiger partial charge in [-0.15, -0.1) is 0 Å². The van der Waals surface area contributed by atoms with Gasteiger partial charge in [-0.25, -0.2) is 14.5 Å².